The first-order chi connectivity index (χ1) is 9.70. The molecule has 4 heteroatoms. The van der Waals surface area contributed by atoms with Crippen LogP contribution in [-0.4, -0.2) is 23.6 Å². The van der Waals surface area contributed by atoms with Crippen LogP contribution in [0.5, 0.6) is 5.75 Å². The second-order valence-electron chi connectivity index (χ2n) is 5.06. The number of nitrogens with one attached hydrogen (secondary N) is 2. The molecule has 20 heavy (non-hydrogen) atoms. The molecule has 1 heterocycles. The lowest BCUT2D eigenvalue weighted by Gasteiger charge is -2.13. The van der Waals surface area contributed by atoms with Gasteiger partial charge in [-0.25, -0.2) is 4.98 Å². The minimum absolute atomic E-state index is 0.903. The normalized spacial score (nSPS) is 10.8. The lowest BCUT2D eigenvalue weighted by atomic mass is 10.0. The fourth-order valence-electron chi connectivity index (χ4n) is 2.38. The van der Waals surface area contributed by atoms with E-state index in [9.17, 15) is 0 Å². The van der Waals surface area contributed by atoms with Crippen molar-refractivity contribution in [3.63, 3.8) is 0 Å². The molecule has 2 N–H and O–H groups in total. The summed E-state index contributed by atoms with van der Waals surface area (Å²) in [6.07, 6.45) is 5.74. The monoisotopic (exact) mass is 273 g/mol. The number of hydrogen-bond acceptors (Lipinski definition) is 3. The van der Waals surface area contributed by atoms with Gasteiger partial charge in [-0.05, 0) is 55.6 Å². The maximum absolute atomic E-state index is 5.28. The highest BCUT2D eigenvalue weighted by Gasteiger charge is 2.05. The van der Waals surface area contributed by atoms with E-state index in [0.29, 0.717) is 0 Å². The Morgan fingerprint density at radius 1 is 1.25 bits per heavy atom. The number of methoxy groups -OCH3 is 1. The Morgan fingerprint density at radius 2 is 2.00 bits per heavy atom. The first kappa shape index (κ1) is 14.6. The predicted molar refractivity (Wildman–Crippen MR) is 81.1 cm³/mol. The van der Waals surface area contributed by atoms with Gasteiger partial charge in [0, 0.05) is 25.4 Å². The molecule has 0 radical (unpaired) electrons. The summed E-state index contributed by atoms with van der Waals surface area (Å²) >= 11 is 0. The van der Waals surface area contributed by atoms with Crippen LogP contribution in [0.4, 0.5) is 0 Å². The van der Waals surface area contributed by atoms with E-state index in [1.807, 2.05) is 6.20 Å². The Kier molecular flexibility index (Phi) is 5.18. The maximum atomic E-state index is 5.28. The highest BCUT2D eigenvalue weighted by atomic mass is 16.5. The molecule has 0 aliphatic carbocycles. The second-order valence-corrected chi connectivity index (χ2v) is 5.06. The molecule has 2 aromatic rings. The highest BCUT2D eigenvalue weighted by Crippen LogP contribution is 2.21. The van der Waals surface area contributed by atoms with Gasteiger partial charge in [-0.15, -0.1) is 0 Å². The Balaban J connectivity index is 1.79. The number of hydrogen-bond donors (Lipinski definition) is 2. The number of nitrogens with zero attached hydrogens (tertiary/aromatic N) is 1. The number of ether oxygens (including phenoxy) is 1. The summed E-state index contributed by atoms with van der Waals surface area (Å²) in [7, 11) is 1.71. The molecule has 0 amide bonds. The number of aryl methyl sites for hydroxylation is 3. The highest BCUT2D eigenvalue weighted by molar-refractivity contribution is 5.40. The average Bonchev–Trinajstić information content (AvgIpc) is 2.94. The van der Waals surface area contributed by atoms with E-state index < -0.39 is 0 Å². The average molecular weight is 273 g/mol. The molecule has 0 saturated carbocycles. The van der Waals surface area contributed by atoms with Crippen LogP contribution < -0.4 is 10.1 Å². The molecular weight excluding hydrogens is 250 g/mol. The first-order valence-corrected chi connectivity index (χ1v) is 7.04. The molecule has 4 nitrogen and oxygen atoms in total. The van der Waals surface area contributed by atoms with Crippen molar-refractivity contribution >= 4 is 0 Å². The van der Waals surface area contributed by atoms with E-state index in [4.69, 9.17) is 4.74 Å². The lowest BCUT2D eigenvalue weighted by molar-refractivity contribution is 0.414. The third kappa shape index (κ3) is 3.84. The molecule has 0 spiro atoms. The fourth-order valence-corrected chi connectivity index (χ4v) is 2.38. The summed E-state index contributed by atoms with van der Waals surface area (Å²) in [4.78, 5) is 7.35. The molecule has 0 unspecified atom stereocenters. The Hall–Kier alpha value is -1.81. The van der Waals surface area contributed by atoms with Gasteiger partial charge in [0.25, 0.3) is 0 Å². The lowest BCUT2D eigenvalue weighted by Crippen LogP contribution is -2.17. The summed E-state index contributed by atoms with van der Waals surface area (Å²) in [5.41, 5.74) is 3.92. The quantitative estimate of drug-likeness (QED) is 0.763. The van der Waals surface area contributed by atoms with Gasteiger partial charge >= 0.3 is 0 Å². The van der Waals surface area contributed by atoms with Gasteiger partial charge in [-0.3, -0.25) is 0 Å². The molecule has 108 valence electrons. The minimum Gasteiger partial charge on any atom is -0.497 e. The molecule has 0 aliphatic rings. The topological polar surface area (TPSA) is 49.9 Å². The number of benzene rings is 1. The van der Waals surface area contributed by atoms with Crippen molar-refractivity contribution in [2.75, 3.05) is 13.7 Å². The molecule has 0 aliphatic heterocycles. The van der Waals surface area contributed by atoms with Gasteiger partial charge in [-0.2, -0.15) is 0 Å². The van der Waals surface area contributed by atoms with Crippen LogP contribution in [0.3, 0.4) is 0 Å². The molecule has 2 rings (SSSR count). The Morgan fingerprint density at radius 3 is 2.60 bits per heavy atom. The number of H-pyrrole nitrogens is 1. The molecule has 1 aromatic heterocycles. The smallest absolute Gasteiger partial charge is 0.119 e. The van der Waals surface area contributed by atoms with Crippen molar-refractivity contribution in [1.29, 1.82) is 0 Å². The summed E-state index contributed by atoms with van der Waals surface area (Å²) < 4.78 is 5.28. The van der Waals surface area contributed by atoms with E-state index in [-0.39, 0.29) is 0 Å². The summed E-state index contributed by atoms with van der Waals surface area (Å²) in [5.74, 6) is 1.99. The van der Waals surface area contributed by atoms with Crippen LogP contribution >= 0.6 is 0 Å². The van der Waals surface area contributed by atoms with E-state index in [2.05, 4.69) is 41.3 Å². The van der Waals surface area contributed by atoms with Crippen LogP contribution in [0.25, 0.3) is 0 Å². The Bertz CT molecular complexity index is 512. The van der Waals surface area contributed by atoms with Crippen LogP contribution in [0.2, 0.25) is 0 Å². The molecule has 0 saturated heterocycles. The van der Waals surface area contributed by atoms with E-state index in [1.165, 1.54) is 16.7 Å². The van der Waals surface area contributed by atoms with Crippen LogP contribution in [0.1, 0.15) is 28.9 Å². The third-order valence-corrected chi connectivity index (χ3v) is 3.53. The van der Waals surface area contributed by atoms with Gasteiger partial charge < -0.3 is 15.0 Å². The summed E-state index contributed by atoms with van der Waals surface area (Å²) in [6.45, 7) is 6.16. The molecule has 0 bridgehead atoms. The number of imidazole rings is 1. The first-order valence-electron chi connectivity index (χ1n) is 7.04. The zero-order chi connectivity index (χ0) is 14.4. The third-order valence-electron chi connectivity index (χ3n) is 3.53. The van der Waals surface area contributed by atoms with Gasteiger partial charge in [0.1, 0.15) is 11.6 Å². The molecule has 0 atom stereocenters. The predicted octanol–water partition coefficient (Wildman–Crippen LogP) is 2.76. The summed E-state index contributed by atoms with van der Waals surface area (Å²) in [6, 6.07) is 4.18. The zero-order valence-electron chi connectivity index (χ0n) is 12.5. The van der Waals surface area contributed by atoms with Gasteiger partial charge in [0.05, 0.1) is 7.11 Å². The van der Waals surface area contributed by atoms with Gasteiger partial charge in [-0.1, -0.05) is 0 Å². The van der Waals surface area contributed by atoms with Crippen molar-refractivity contribution in [1.82, 2.24) is 15.3 Å². The molecular formula is C16H23N3O. The zero-order valence-corrected chi connectivity index (χ0v) is 12.5. The van der Waals surface area contributed by atoms with Crippen molar-refractivity contribution < 1.29 is 4.74 Å². The number of rotatable bonds is 7. The van der Waals surface area contributed by atoms with Crippen LogP contribution in [0, 0.1) is 13.8 Å². The Labute approximate surface area is 120 Å². The van der Waals surface area contributed by atoms with Gasteiger partial charge in [0.2, 0.25) is 0 Å². The van der Waals surface area contributed by atoms with Crippen molar-refractivity contribution in [3.8, 4) is 5.75 Å². The molecule has 0 fully saturated rings. The fraction of sp³-hybridized carbons (Fsp3) is 0.438. The number of aromatic amines is 1. The minimum atomic E-state index is 0.903. The molecule has 1 aromatic carbocycles. The van der Waals surface area contributed by atoms with Crippen molar-refractivity contribution in [2.45, 2.75) is 33.2 Å². The SMILES string of the molecule is COc1cc(C)c(CNCCCc2ncc[nH]2)c(C)c1. The van der Waals surface area contributed by atoms with Gasteiger partial charge in [0.15, 0.2) is 0 Å². The van der Waals surface area contributed by atoms with E-state index in [1.54, 1.807) is 13.3 Å². The van der Waals surface area contributed by atoms with E-state index in [0.717, 1.165) is 37.5 Å². The number of aromatic nitrogens is 2. The van der Waals surface area contributed by atoms with Crippen LogP contribution in [0.15, 0.2) is 24.5 Å². The van der Waals surface area contributed by atoms with Crippen LogP contribution in [-0.2, 0) is 13.0 Å². The standard InChI is InChI=1S/C16H23N3O/c1-12-9-14(20-3)10-13(2)15(12)11-17-6-4-5-16-18-7-8-19-16/h7-10,17H,4-6,11H2,1-3H3,(H,18,19). The van der Waals surface area contributed by atoms with E-state index >= 15 is 0 Å². The summed E-state index contributed by atoms with van der Waals surface area (Å²) in [5, 5.41) is 3.50. The largest absolute Gasteiger partial charge is 0.497 e. The second kappa shape index (κ2) is 7.10. The maximum Gasteiger partial charge on any atom is 0.119 e. The van der Waals surface area contributed by atoms with Crippen molar-refractivity contribution in [2.24, 2.45) is 0 Å². The van der Waals surface area contributed by atoms with Crippen molar-refractivity contribution in [3.05, 3.63) is 47.0 Å².